The Morgan fingerprint density at radius 1 is 1.13 bits per heavy atom. The highest BCUT2D eigenvalue weighted by atomic mass is 19.1. The van der Waals surface area contributed by atoms with Crippen LogP contribution in [0.15, 0.2) is 59.6 Å². The van der Waals surface area contributed by atoms with Gasteiger partial charge in [0.25, 0.3) is 0 Å². The molecule has 31 heavy (non-hydrogen) atoms. The van der Waals surface area contributed by atoms with Crippen LogP contribution in [0.2, 0.25) is 0 Å². The molecule has 0 amide bonds. The second-order valence-electron chi connectivity index (χ2n) is 8.28. The van der Waals surface area contributed by atoms with E-state index in [-0.39, 0.29) is 17.3 Å². The molecule has 162 valence electrons. The summed E-state index contributed by atoms with van der Waals surface area (Å²) >= 11 is 0. The van der Waals surface area contributed by atoms with Gasteiger partial charge in [-0.3, -0.25) is 0 Å². The molecule has 6 nitrogen and oxygen atoms in total. The number of hydrogen-bond acceptors (Lipinski definition) is 3. The Balaban J connectivity index is 1.51. The van der Waals surface area contributed by atoms with Crippen molar-refractivity contribution < 1.29 is 4.39 Å². The number of aliphatic imine (C=N–C) groups is 1. The van der Waals surface area contributed by atoms with Gasteiger partial charge in [-0.25, -0.2) is 9.38 Å². The van der Waals surface area contributed by atoms with Gasteiger partial charge in [0.1, 0.15) is 18.2 Å². The molecule has 1 heterocycles. The first kappa shape index (κ1) is 21.0. The molecule has 3 aromatic rings. The zero-order valence-electron chi connectivity index (χ0n) is 18.3. The molecule has 1 saturated carbocycles. The van der Waals surface area contributed by atoms with Crippen molar-refractivity contribution in [2.75, 3.05) is 6.54 Å². The average Bonchev–Trinajstić information content (AvgIpc) is 3.51. The van der Waals surface area contributed by atoms with Gasteiger partial charge >= 0.3 is 0 Å². The van der Waals surface area contributed by atoms with E-state index in [1.165, 1.54) is 11.6 Å². The quantitative estimate of drug-likeness (QED) is 0.451. The Hall–Kier alpha value is -3.22. The fourth-order valence-electron chi connectivity index (χ4n) is 3.76. The maximum atomic E-state index is 14.4. The second-order valence-corrected chi connectivity index (χ2v) is 8.28. The van der Waals surface area contributed by atoms with Crippen LogP contribution in [0.3, 0.4) is 0 Å². The van der Waals surface area contributed by atoms with Crippen molar-refractivity contribution in [2.45, 2.75) is 44.7 Å². The van der Waals surface area contributed by atoms with E-state index in [2.05, 4.69) is 39.9 Å². The molecule has 0 aliphatic heterocycles. The van der Waals surface area contributed by atoms with E-state index < -0.39 is 0 Å². The topological polar surface area (TPSA) is 67.1 Å². The van der Waals surface area contributed by atoms with Gasteiger partial charge in [0.2, 0.25) is 0 Å². The molecule has 1 aliphatic carbocycles. The molecule has 0 bridgehead atoms. The molecule has 1 unspecified atom stereocenters. The van der Waals surface area contributed by atoms with Gasteiger partial charge < -0.3 is 15.2 Å². The molecule has 0 spiro atoms. The highest BCUT2D eigenvalue weighted by molar-refractivity contribution is 5.80. The van der Waals surface area contributed by atoms with Crippen molar-refractivity contribution in [3.05, 3.63) is 83.2 Å². The molecule has 1 fully saturated rings. The number of halogens is 1. The third-order valence-corrected chi connectivity index (χ3v) is 6.11. The van der Waals surface area contributed by atoms with Crippen molar-refractivity contribution in [1.29, 1.82) is 0 Å². The molecule has 2 N–H and O–H groups in total. The summed E-state index contributed by atoms with van der Waals surface area (Å²) in [6.45, 7) is 5.04. The zero-order chi connectivity index (χ0) is 21.8. The first-order chi connectivity index (χ1) is 15.0. The predicted octanol–water partition coefficient (Wildman–Crippen LogP) is 3.79. The smallest absolute Gasteiger partial charge is 0.192 e. The lowest BCUT2D eigenvalue weighted by Crippen LogP contribution is -2.42. The summed E-state index contributed by atoms with van der Waals surface area (Å²) < 4.78 is 16.3. The minimum Gasteiger partial charge on any atom is -0.355 e. The number of hydrogen-bond donors (Lipinski definition) is 2. The minimum atomic E-state index is -0.175. The summed E-state index contributed by atoms with van der Waals surface area (Å²) in [5, 5.41) is 15.3. The van der Waals surface area contributed by atoms with E-state index in [0.717, 1.165) is 30.1 Å². The third kappa shape index (κ3) is 4.76. The lowest BCUT2D eigenvalue weighted by Gasteiger charge is -2.22. The molecule has 0 radical (unpaired) electrons. The molecule has 4 rings (SSSR count). The van der Waals surface area contributed by atoms with Crippen LogP contribution in [0.25, 0.3) is 0 Å². The monoisotopic (exact) mass is 420 g/mol. The van der Waals surface area contributed by atoms with Crippen LogP contribution < -0.4 is 10.6 Å². The normalized spacial score (nSPS) is 16.1. The first-order valence-electron chi connectivity index (χ1n) is 10.7. The van der Waals surface area contributed by atoms with Crippen molar-refractivity contribution >= 4 is 5.96 Å². The van der Waals surface area contributed by atoms with Gasteiger partial charge in [-0.05, 0) is 43.9 Å². The Morgan fingerprint density at radius 2 is 1.84 bits per heavy atom. The molecular formula is C24H29FN6. The Bertz CT molecular complexity index is 1050. The zero-order valence-corrected chi connectivity index (χ0v) is 18.3. The summed E-state index contributed by atoms with van der Waals surface area (Å²) in [6, 6.07) is 17.4. The van der Waals surface area contributed by atoms with E-state index in [9.17, 15) is 4.39 Å². The Morgan fingerprint density at radius 3 is 2.48 bits per heavy atom. The van der Waals surface area contributed by atoms with Gasteiger partial charge in [0.05, 0.1) is 6.04 Å². The van der Waals surface area contributed by atoms with Crippen LogP contribution in [0.5, 0.6) is 0 Å². The highest BCUT2D eigenvalue weighted by Crippen LogP contribution is 2.48. The van der Waals surface area contributed by atoms with Crippen LogP contribution >= 0.6 is 0 Å². The second kappa shape index (κ2) is 8.88. The summed E-state index contributed by atoms with van der Waals surface area (Å²) in [5.41, 5.74) is 1.77. The number of rotatable bonds is 7. The summed E-state index contributed by atoms with van der Waals surface area (Å²) in [7, 11) is 1.94. The number of guanidine groups is 1. The van der Waals surface area contributed by atoms with Crippen LogP contribution in [0.1, 0.15) is 48.6 Å². The van der Waals surface area contributed by atoms with Crippen molar-refractivity contribution in [3.8, 4) is 0 Å². The van der Waals surface area contributed by atoms with Crippen molar-refractivity contribution in [3.63, 3.8) is 0 Å². The Labute approximate surface area is 182 Å². The molecule has 0 saturated heterocycles. The summed E-state index contributed by atoms with van der Waals surface area (Å²) in [4.78, 5) is 4.76. The Kier molecular flexibility index (Phi) is 6.02. The van der Waals surface area contributed by atoms with Crippen LogP contribution in [0, 0.1) is 12.7 Å². The van der Waals surface area contributed by atoms with Gasteiger partial charge in [-0.15, -0.1) is 10.2 Å². The van der Waals surface area contributed by atoms with E-state index in [1.807, 2.05) is 48.9 Å². The highest BCUT2D eigenvalue weighted by Gasteiger charge is 2.45. The standard InChI is InChI=1S/C24H29FN6/c1-17(19-9-5-4-6-10-19)28-23(26-15-22-30-29-18(2)31(22)3)27-16-24(13-14-24)20-11-7-8-12-21(20)25/h4-12,17H,13-16H2,1-3H3,(H2,26,27,28). The minimum absolute atomic E-state index is 0.0669. The van der Waals surface area contributed by atoms with Crippen LogP contribution in [0.4, 0.5) is 4.39 Å². The molecule has 1 aliphatic rings. The average molecular weight is 421 g/mol. The molecule has 2 aromatic carbocycles. The maximum absolute atomic E-state index is 14.4. The maximum Gasteiger partial charge on any atom is 0.192 e. The lowest BCUT2D eigenvalue weighted by molar-refractivity contribution is 0.556. The fourth-order valence-corrected chi connectivity index (χ4v) is 3.76. The third-order valence-electron chi connectivity index (χ3n) is 6.11. The number of aromatic nitrogens is 3. The van der Waals surface area contributed by atoms with Crippen LogP contribution in [-0.4, -0.2) is 27.3 Å². The molecule has 1 aromatic heterocycles. The largest absolute Gasteiger partial charge is 0.355 e. The number of nitrogens with one attached hydrogen (secondary N) is 2. The van der Waals surface area contributed by atoms with E-state index in [4.69, 9.17) is 4.99 Å². The number of benzene rings is 2. The SMILES string of the molecule is Cc1nnc(CN=C(NCC2(c3ccccc3F)CC2)NC(C)c2ccccc2)n1C. The fraction of sp³-hybridized carbons (Fsp3) is 0.375. The van der Waals surface area contributed by atoms with Crippen molar-refractivity contribution in [1.82, 2.24) is 25.4 Å². The molecule has 1 atom stereocenters. The van der Waals surface area contributed by atoms with Gasteiger partial charge in [0.15, 0.2) is 11.8 Å². The first-order valence-corrected chi connectivity index (χ1v) is 10.7. The molecule has 7 heteroatoms. The van der Waals surface area contributed by atoms with E-state index in [0.29, 0.717) is 19.0 Å². The van der Waals surface area contributed by atoms with Crippen molar-refractivity contribution in [2.24, 2.45) is 12.0 Å². The van der Waals surface area contributed by atoms with E-state index >= 15 is 0 Å². The van der Waals surface area contributed by atoms with Gasteiger partial charge in [-0.2, -0.15) is 0 Å². The molecular weight excluding hydrogens is 391 g/mol. The number of aryl methyl sites for hydroxylation is 1. The van der Waals surface area contributed by atoms with Crippen LogP contribution in [-0.2, 0) is 19.0 Å². The number of nitrogens with zero attached hydrogens (tertiary/aromatic N) is 4. The lowest BCUT2D eigenvalue weighted by atomic mass is 9.95. The van der Waals surface area contributed by atoms with E-state index in [1.54, 1.807) is 6.07 Å². The van der Waals surface area contributed by atoms with Gasteiger partial charge in [-0.1, -0.05) is 48.5 Å². The summed E-state index contributed by atoms with van der Waals surface area (Å²) in [6.07, 6.45) is 1.93. The summed E-state index contributed by atoms with van der Waals surface area (Å²) in [5.74, 6) is 2.18. The van der Waals surface area contributed by atoms with Gasteiger partial charge in [0, 0.05) is 19.0 Å². The predicted molar refractivity (Wildman–Crippen MR) is 120 cm³/mol.